The van der Waals surface area contributed by atoms with Gasteiger partial charge in [0.05, 0.1) is 18.1 Å². The fraction of sp³-hybridized carbons (Fsp3) is 0.333. The van der Waals surface area contributed by atoms with Crippen LogP contribution >= 0.6 is 0 Å². The molecule has 0 radical (unpaired) electrons. The van der Waals surface area contributed by atoms with Gasteiger partial charge in [-0.15, -0.1) is 0 Å². The molecule has 0 atom stereocenters. The number of alkyl halides is 2. The van der Waals surface area contributed by atoms with Crippen molar-refractivity contribution in [2.24, 2.45) is 0 Å². The molecule has 0 fully saturated rings. The summed E-state index contributed by atoms with van der Waals surface area (Å²) in [6.45, 7) is -0.402. The van der Waals surface area contributed by atoms with E-state index in [9.17, 15) is 18.4 Å². The van der Waals surface area contributed by atoms with E-state index in [1.165, 1.54) is 23.8 Å². The SMILES string of the molecule is CCn1c(=O)n(CC(=O)NCCc2ccc(OC)c(OC(F)F)c2)c2ccccc21. The Hall–Kier alpha value is -3.36. The quantitative estimate of drug-likeness (QED) is 0.579. The molecule has 1 N–H and O–H groups in total. The zero-order valence-corrected chi connectivity index (χ0v) is 16.7. The number of nitrogens with zero attached hydrogens (tertiary/aromatic N) is 2. The van der Waals surface area contributed by atoms with Crippen LogP contribution in [0.1, 0.15) is 12.5 Å². The highest BCUT2D eigenvalue weighted by Crippen LogP contribution is 2.29. The largest absolute Gasteiger partial charge is 0.493 e. The van der Waals surface area contributed by atoms with E-state index < -0.39 is 6.61 Å². The maximum Gasteiger partial charge on any atom is 0.387 e. The summed E-state index contributed by atoms with van der Waals surface area (Å²) in [6.07, 6.45) is 0.404. The lowest BCUT2D eigenvalue weighted by atomic mass is 10.1. The van der Waals surface area contributed by atoms with Gasteiger partial charge in [0.25, 0.3) is 0 Å². The third-order valence-corrected chi connectivity index (χ3v) is 4.72. The number of halogens is 2. The fourth-order valence-corrected chi connectivity index (χ4v) is 3.34. The van der Waals surface area contributed by atoms with Gasteiger partial charge in [-0.3, -0.25) is 13.9 Å². The Morgan fingerprint density at radius 3 is 2.43 bits per heavy atom. The average molecular weight is 419 g/mol. The van der Waals surface area contributed by atoms with Crippen LogP contribution in [0.4, 0.5) is 8.78 Å². The van der Waals surface area contributed by atoms with E-state index in [1.54, 1.807) is 16.7 Å². The van der Waals surface area contributed by atoms with Gasteiger partial charge in [-0.1, -0.05) is 18.2 Å². The van der Waals surface area contributed by atoms with Crippen molar-refractivity contribution in [3.8, 4) is 11.5 Å². The van der Waals surface area contributed by atoms with Gasteiger partial charge in [-0.05, 0) is 43.2 Å². The number of hydrogen-bond acceptors (Lipinski definition) is 4. The zero-order chi connectivity index (χ0) is 21.7. The summed E-state index contributed by atoms with van der Waals surface area (Å²) in [4.78, 5) is 25.0. The number of fused-ring (bicyclic) bond motifs is 1. The van der Waals surface area contributed by atoms with Crippen LogP contribution in [0.3, 0.4) is 0 Å². The number of hydrogen-bond donors (Lipinski definition) is 1. The molecule has 2 aromatic carbocycles. The molecule has 0 spiro atoms. The highest BCUT2D eigenvalue weighted by Gasteiger charge is 2.15. The highest BCUT2D eigenvalue weighted by molar-refractivity contribution is 5.80. The summed E-state index contributed by atoms with van der Waals surface area (Å²) in [5, 5.41) is 2.76. The highest BCUT2D eigenvalue weighted by atomic mass is 19.3. The summed E-state index contributed by atoms with van der Waals surface area (Å²) < 4.78 is 37.6. The molecule has 3 rings (SSSR count). The standard InChI is InChI=1S/C21H23F2N3O4/c1-3-25-15-6-4-5-7-16(15)26(21(25)28)13-19(27)24-11-10-14-8-9-17(29-2)18(12-14)30-20(22)23/h4-9,12,20H,3,10-11,13H2,1-2H3,(H,24,27). The molecule has 0 saturated carbocycles. The van der Waals surface area contributed by atoms with Crippen LogP contribution in [-0.4, -0.2) is 35.3 Å². The van der Waals surface area contributed by atoms with Gasteiger partial charge in [0.1, 0.15) is 6.54 Å². The Bertz CT molecular complexity index is 1090. The summed E-state index contributed by atoms with van der Waals surface area (Å²) in [7, 11) is 1.37. The van der Waals surface area contributed by atoms with E-state index in [4.69, 9.17) is 4.74 Å². The van der Waals surface area contributed by atoms with Crippen LogP contribution < -0.4 is 20.5 Å². The van der Waals surface area contributed by atoms with Gasteiger partial charge in [-0.2, -0.15) is 8.78 Å². The second kappa shape index (κ2) is 9.43. The molecule has 0 saturated heterocycles. The van der Waals surface area contributed by atoms with E-state index in [0.717, 1.165) is 5.52 Å². The van der Waals surface area contributed by atoms with Crippen LogP contribution in [0, 0.1) is 0 Å². The van der Waals surface area contributed by atoms with Crippen molar-refractivity contribution < 1.29 is 23.0 Å². The minimum absolute atomic E-state index is 0.0600. The number of rotatable bonds is 9. The summed E-state index contributed by atoms with van der Waals surface area (Å²) in [6, 6.07) is 12.0. The third kappa shape index (κ3) is 4.61. The van der Waals surface area contributed by atoms with Crippen LogP contribution in [-0.2, 0) is 24.3 Å². The number of nitrogens with one attached hydrogen (secondary N) is 1. The second-order valence-corrected chi connectivity index (χ2v) is 6.57. The van der Waals surface area contributed by atoms with E-state index in [2.05, 4.69) is 10.1 Å². The Balaban J connectivity index is 1.64. The van der Waals surface area contributed by atoms with Gasteiger partial charge in [-0.25, -0.2) is 4.79 Å². The summed E-state index contributed by atoms with van der Waals surface area (Å²) in [5.41, 5.74) is 1.94. The van der Waals surface area contributed by atoms with Gasteiger partial charge in [0.15, 0.2) is 11.5 Å². The minimum atomic E-state index is -2.96. The van der Waals surface area contributed by atoms with Crippen LogP contribution in [0.2, 0.25) is 0 Å². The topological polar surface area (TPSA) is 74.5 Å². The summed E-state index contributed by atoms with van der Waals surface area (Å²) >= 11 is 0. The second-order valence-electron chi connectivity index (χ2n) is 6.57. The van der Waals surface area contributed by atoms with Crippen molar-refractivity contribution in [3.05, 3.63) is 58.5 Å². The molecule has 160 valence electrons. The molecule has 30 heavy (non-hydrogen) atoms. The van der Waals surface area contributed by atoms with Crippen molar-refractivity contribution in [3.63, 3.8) is 0 Å². The van der Waals surface area contributed by atoms with E-state index in [-0.39, 0.29) is 36.2 Å². The number of benzene rings is 2. The molecule has 3 aromatic rings. The first-order valence-electron chi connectivity index (χ1n) is 9.51. The van der Waals surface area contributed by atoms with E-state index >= 15 is 0 Å². The van der Waals surface area contributed by atoms with Crippen LogP contribution in [0.5, 0.6) is 11.5 Å². The van der Waals surface area contributed by atoms with Gasteiger partial charge in [0.2, 0.25) is 5.91 Å². The smallest absolute Gasteiger partial charge is 0.387 e. The maximum absolute atomic E-state index is 12.6. The van der Waals surface area contributed by atoms with Crippen molar-refractivity contribution >= 4 is 16.9 Å². The first kappa shape index (κ1) is 21.4. The number of aryl methyl sites for hydroxylation is 1. The van der Waals surface area contributed by atoms with Crippen LogP contribution in [0.15, 0.2) is 47.3 Å². The maximum atomic E-state index is 12.6. The number of para-hydroxylation sites is 2. The molecular weight excluding hydrogens is 396 g/mol. The molecule has 7 nitrogen and oxygen atoms in total. The number of imidazole rings is 1. The normalized spacial score (nSPS) is 11.1. The number of amides is 1. The van der Waals surface area contributed by atoms with Gasteiger partial charge in [0, 0.05) is 13.1 Å². The molecular formula is C21H23F2N3O4. The molecule has 0 bridgehead atoms. The predicted molar refractivity (Wildman–Crippen MR) is 108 cm³/mol. The summed E-state index contributed by atoms with van der Waals surface area (Å²) in [5.74, 6) is -0.168. The van der Waals surface area contributed by atoms with E-state index in [0.29, 0.717) is 24.0 Å². The molecule has 0 aliphatic heterocycles. The molecule has 0 unspecified atom stereocenters. The van der Waals surface area contributed by atoms with Gasteiger partial charge < -0.3 is 14.8 Å². The lowest BCUT2D eigenvalue weighted by Gasteiger charge is -2.12. The molecule has 1 amide bonds. The fourth-order valence-electron chi connectivity index (χ4n) is 3.34. The zero-order valence-electron chi connectivity index (χ0n) is 16.7. The number of carbonyl (C=O) groups is 1. The first-order chi connectivity index (χ1) is 14.4. The lowest BCUT2D eigenvalue weighted by Crippen LogP contribution is -2.34. The minimum Gasteiger partial charge on any atom is -0.493 e. The third-order valence-electron chi connectivity index (χ3n) is 4.72. The molecule has 1 heterocycles. The number of carbonyl (C=O) groups excluding carboxylic acids is 1. The Kier molecular flexibility index (Phi) is 6.71. The molecule has 0 aliphatic carbocycles. The molecule has 9 heteroatoms. The lowest BCUT2D eigenvalue weighted by molar-refractivity contribution is -0.121. The number of ether oxygens (including phenoxy) is 2. The first-order valence-corrected chi connectivity index (χ1v) is 9.51. The Morgan fingerprint density at radius 2 is 1.80 bits per heavy atom. The Morgan fingerprint density at radius 1 is 1.10 bits per heavy atom. The monoisotopic (exact) mass is 419 g/mol. The van der Waals surface area contributed by atoms with Crippen LogP contribution in [0.25, 0.3) is 11.0 Å². The average Bonchev–Trinajstić information content (AvgIpc) is 2.99. The predicted octanol–water partition coefficient (Wildman–Crippen LogP) is 2.79. The number of methoxy groups -OCH3 is 1. The Labute approximate surface area is 171 Å². The van der Waals surface area contributed by atoms with Gasteiger partial charge >= 0.3 is 12.3 Å². The van der Waals surface area contributed by atoms with Crippen molar-refractivity contribution in [1.82, 2.24) is 14.5 Å². The van der Waals surface area contributed by atoms with Crippen molar-refractivity contribution in [2.75, 3.05) is 13.7 Å². The molecule has 0 aliphatic rings. The van der Waals surface area contributed by atoms with Crippen molar-refractivity contribution in [1.29, 1.82) is 0 Å². The number of aromatic nitrogens is 2. The van der Waals surface area contributed by atoms with E-state index in [1.807, 2.05) is 25.1 Å². The molecule has 1 aromatic heterocycles. The van der Waals surface area contributed by atoms with Crippen molar-refractivity contribution in [2.45, 2.75) is 33.0 Å².